The van der Waals surface area contributed by atoms with E-state index in [2.05, 4.69) is 0 Å². The molecular weight excluding hydrogens is 420 g/mol. The lowest BCUT2D eigenvalue weighted by molar-refractivity contribution is -0.138. The largest absolute Gasteiger partial charge is 0.365 e. The first kappa shape index (κ1) is 21.8. The van der Waals surface area contributed by atoms with Crippen LogP contribution in [-0.4, -0.2) is 28.7 Å². The van der Waals surface area contributed by atoms with Crippen LogP contribution in [0, 0.1) is 13.8 Å². The van der Waals surface area contributed by atoms with Crippen molar-refractivity contribution in [1.82, 2.24) is 9.80 Å². The predicted octanol–water partition coefficient (Wildman–Crippen LogP) is 5.37. The summed E-state index contributed by atoms with van der Waals surface area (Å²) in [6.07, 6.45) is 0. The van der Waals surface area contributed by atoms with Crippen LogP contribution in [0.3, 0.4) is 0 Å². The highest BCUT2D eigenvalue weighted by Crippen LogP contribution is 2.34. The molecule has 0 aliphatic carbocycles. The molecule has 32 heavy (non-hydrogen) atoms. The first-order valence-corrected chi connectivity index (χ1v) is 10.9. The van der Waals surface area contributed by atoms with E-state index < -0.39 is 0 Å². The summed E-state index contributed by atoms with van der Waals surface area (Å²) in [7, 11) is 1.86. The highest BCUT2D eigenvalue weighted by Gasteiger charge is 2.41. The number of hydrogen-bond acceptors (Lipinski definition) is 3. The number of rotatable bonds is 6. The van der Waals surface area contributed by atoms with Gasteiger partial charge in [-0.05, 0) is 48.2 Å². The number of benzene rings is 3. The van der Waals surface area contributed by atoms with Crippen LogP contribution in [0.4, 0.5) is 0 Å². The average molecular weight is 445 g/mol. The molecule has 4 rings (SSSR count). The van der Waals surface area contributed by atoms with Gasteiger partial charge >= 0.3 is 0 Å². The Morgan fingerprint density at radius 2 is 1.53 bits per heavy atom. The van der Waals surface area contributed by atoms with Crippen molar-refractivity contribution in [3.05, 3.63) is 111 Å². The number of carbonyl (C=O) groups is 2. The topological polar surface area (TPSA) is 40.6 Å². The fourth-order valence-electron chi connectivity index (χ4n) is 4.11. The van der Waals surface area contributed by atoms with Gasteiger partial charge in [0, 0.05) is 18.6 Å². The monoisotopic (exact) mass is 444 g/mol. The van der Waals surface area contributed by atoms with Crippen molar-refractivity contribution in [2.24, 2.45) is 0 Å². The van der Waals surface area contributed by atoms with Gasteiger partial charge in [-0.1, -0.05) is 77.8 Å². The van der Waals surface area contributed by atoms with Gasteiger partial charge in [-0.25, -0.2) is 0 Å². The second kappa shape index (κ2) is 9.01. The summed E-state index contributed by atoms with van der Waals surface area (Å²) in [6, 6.07) is 23.1. The number of hydrogen-bond donors (Lipinski definition) is 0. The Labute approximate surface area is 193 Å². The van der Waals surface area contributed by atoms with E-state index in [4.69, 9.17) is 11.6 Å². The van der Waals surface area contributed by atoms with Crippen LogP contribution in [0.15, 0.2) is 78.5 Å². The van der Waals surface area contributed by atoms with Crippen molar-refractivity contribution in [3.63, 3.8) is 0 Å². The Morgan fingerprint density at radius 3 is 2.19 bits per heavy atom. The number of halogens is 1. The van der Waals surface area contributed by atoms with Gasteiger partial charge in [0.05, 0.1) is 12.1 Å². The van der Waals surface area contributed by atoms with Crippen LogP contribution in [0.1, 0.15) is 27.8 Å². The van der Waals surface area contributed by atoms with Crippen LogP contribution in [0.5, 0.6) is 0 Å². The van der Waals surface area contributed by atoms with Crippen molar-refractivity contribution in [1.29, 1.82) is 0 Å². The first-order chi connectivity index (χ1) is 15.3. The van der Waals surface area contributed by atoms with Crippen LogP contribution < -0.4 is 0 Å². The van der Waals surface area contributed by atoms with E-state index in [0.717, 1.165) is 27.8 Å². The lowest BCUT2D eigenvalue weighted by Crippen LogP contribution is -2.33. The average Bonchev–Trinajstić information content (AvgIpc) is 3.01. The van der Waals surface area contributed by atoms with Gasteiger partial charge in [-0.3, -0.25) is 14.5 Å². The predicted molar refractivity (Wildman–Crippen MR) is 128 cm³/mol. The standard InChI is InChI=1S/C27H25ClN2O2/c1-18-9-14-23(19(2)15-18)24-25(29(3)16-20-7-5-4-6-8-20)27(32)30(26(24)31)17-21-10-12-22(28)13-11-21/h4-15H,16-17H2,1-3H3. The second-order valence-electron chi connectivity index (χ2n) is 8.21. The summed E-state index contributed by atoms with van der Waals surface area (Å²) >= 11 is 6.00. The molecular formula is C27H25ClN2O2. The summed E-state index contributed by atoms with van der Waals surface area (Å²) in [5.41, 5.74) is 5.69. The summed E-state index contributed by atoms with van der Waals surface area (Å²) in [6.45, 7) is 4.72. The molecule has 0 unspecified atom stereocenters. The first-order valence-electron chi connectivity index (χ1n) is 10.5. The van der Waals surface area contributed by atoms with Crippen LogP contribution >= 0.6 is 11.6 Å². The number of carbonyl (C=O) groups excluding carboxylic acids is 2. The second-order valence-corrected chi connectivity index (χ2v) is 8.64. The van der Waals surface area contributed by atoms with Gasteiger partial charge < -0.3 is 4.90 Å². The van der Waals surface area contributed by atoms with Gasteiger partial charge in [-0.15, -0.1) is 0 Å². The quantitative estimate of drug-likeness (QED) is 0.480. The van der Waals surface area contributed by atoms with E-state index in [9.17, 15) is 9.59 Å². The highest BCUT2D eigenvalue weighted by atomic mass is 35.5. The summed E-state index contributed by atoms with van der Waals surface area (Å²) < 4.78 is 0. The molecule has 5 heteroatoms. The van der Waals surface area contributed by atoms with Crippen LogP contribution in [0.25, 0.3) is 5.57 Å². The Kier molecular flexibility index (Phi) is 6.15. The summed E-state index contributed by atoms with van der Waals surface area (Å²) in [5, 5.41) is 0.616. The number of amides is 2. The molecule has 0 aromatic heterocycles. The van der Waals surface area contributed by atoms with E-state index in [-0.39, 0.29) is 18.4 Å². The lowest BCUT2D eigenvalue weighted by atomic mass is 9.97. The molecule has 0 N–H and O–H groups in total. The van der Waals surface area contributed by atoms with Gasteiger partial charge in [0.1, 0.15) is 5.70 Å². The molecule has 0 saturated carbocycles. The van der Waals surface area contributed by atoms with Gasteiger partial charge in [0.15, 0.2) is 0 Å². The minimum absolute atomic E-state index is 0.200. The zero-order valence-corrected chi connectivity index (χ0v) is 19.2. The normalized spacial score (nSPS) is 13.8. The molecule has 2 amide bonds. The van der Waals surface area contributed by atoms with E-state index in [0.29, 0.717) is 22.8 Å². The van der Waals surface area contributed by atoms with E-state index >= 15 is 0 Å². The Morgan fingerprint density at radius 1 is 0.844 bits per heavy atom. The highest BCUT2D eigenvalue weighted by molar-refractivity contribution is 6.35. The molecule has 0 radical (unpaired) electrons. The third kappa shape index (κ3) is 4.32. The number of likely N-dealkylation sites (N-methyl/N-ethyl adjacent to an activating group) is 1. The van der Waals surface area contributed by atoms with E-state index in [1.165, 1.54) is 4.90 Å². The molecule has 0 atom stereocenters. The molecule has 0 bridgehead atoms. The molecule has 0 spiro atoms. The van der Waals surface area contributed by atoms with Crippen molar-refractivity contribution in [3.8, 4) is 0 Å². The van der Waals surface area contributed by atoms with Crippen molar-refractivity contribution < 1.29 is 9.59 Å². The maximum atomic E-state index is 13.6. The van der Waals surface area contributed by atoms with Crippen molar-refractivity contribution in [2.75, 3.05) is 7.05 Å². The molecule has 0 fully saturated rings. The van der Waals surface area contributed by atoms with E-state index in [1.807, 2.05) is 86.5 Å². The zero-order valence-electron chi connectivity index (χ0n) is 18.4. The lowest BCUT2D eigenvalue weighted by Gasteiger charge is -2.22. The third-order valence-corrected chi connectivity index (χ3v) is 5.95. The van der Waals surface area contributed by atoms with Gasteiger partial charge in [0.25, 0.3) is 11.8 Å². The van der Waals surface area contributed by atoms with Crippen LogP contribution in [0.2, 0.25) is 5.02 Å². The number of imide groups is 1. The van der Waals surface area contributed by atoms with Crippen molar-refractivity contribution in [2.45, 2.75) is 26.9 Å². The SMILES string of the molecule is Cc1ccc(C2=C(N(C)Cc3ccccc3)C(=O)N(Cc3ccc(Cl)cc3)C2=O)c(C)c1. The fourth-order valence-corrected chi connectivity index (χ4v) is 4.23. The molecule has 3 aromatic carbocycles. The van der Waals surface area contributed by atoms with Crippen LogP contribution in [-0.2, 0) is 22.7 Å². The molecule has 0 saturated heterocycles. The Bertz CT molecular complexity index is 1200. The third-order valence-electron chi connectivity index (χ3n) is 5.69. The van der Waals surface area contributed by atoms with Gasteiger partial charge in [0.2, 0.25) is 0 Å². The Hall–Kier alpha value is -3.37. The zero-order chi connectivity index (χ0) is 22.8. The molecule has 1 aliphatic rings. The number of nitrogens with zero attached hydrogens (tertiary/aromatic N) is 2. The summed E-state index contributed by atoms with van der Waals surface area (Å²) in [5.74, 6) is -0.551. The molecule has 1 aliphatic heterocycles. The minimum Gasteiger partial charge on any atom is -0.365 e. The number of aryl methyl sites for hydroxylation is 2. The molecule has 4 nitrogen and oxygen atoms in total. The molecule has 162 valence electrons. The fraction of sp³-hybridized carbons (Fsp3) is 0.185. The smallest absolute Gasteiger partial charge is 0.278 e. The Balaban J connectivity index is 1.75. The van der Waals surface area contributed by atoms with Crippen molar-refractivity contribution >= 4 is 29.0 Å². The minimum atomic E-state index is -0.279. The van der Waals surface area contributed by atoms with E-state index in [1.54, 1.807) is 12.1 Å². The molecule has 1 heterocycles. The summed E-state index contributed by atoms with van der Waals surface area (Å²) in [4.78, 5) is 30.4. The maximum Gasteiger partial charge on any atom is 0.278 e. The van der Waals surface area contributed by atoms with Gasteiger partial charge in [-0.2, -0.15) is 0 Å². The maximum absolute atomic E-state index is 13.6. The molecule has 3 aromatic rings.